The van der Waals surface area contributed by atoms with Gasteiger partial charge < -0.3 is 15.2 Å². The lowest BCUT2D eigenvalue weighted by atomic mass is 10.3. The van der Waals surface area contributed by atoms with E-state index < -0.39 is 0 Å². The lowest BCUT2D eigenvalue weighted by molar-refractivity contribution is 0.586. The summed E-state index contributed by atoms with van der Waals surface area (Å²) in [5, 5.41) is 3.32. The Morgan fingerprint density at radius 2 is 1.89 bits per heavy atom. The van der Waals surface area contributed by atoms with Crippen molar-refractivity contribution in [1.82, 2.24) is 25.3 Å². The van der Waals surface area contributed by atoms with Crippen LogP contribution < -0.4 is 10.2 Å². The van der Waals surface area contributed by atoms with E-state index in [4.69, 9.17) is 0 Å². The summed E-state index contributed by atoms with van der Waals surface area (Å²) in [6.07, 6.45) is 1.56. The molecule has 0 atom stereocenters. The number of halogens is 3. The topological polar surface area (TPSA) is 69.7 Å². The van der Waals surface area contributed by atoms with Gasteiger partial charge in [-0.2, -0.15) is 0 Å². The highest BCUT2D eigenvalue weighted by Crippen LogP contribution is 2.22. The van der Waals surface area contributed by atoms with Crippen LogP contribution in [0.1, 0.15) is 0 Å². The molecular formula is C9H13BrCl2N6. The van der Waals surface area contributed by atoms with E-state index >= 15 is 0 Å². The number of nitrogens with one attached hydrogen (secondary N) is 2. The fraction of sp³-hybridized carbons (Fsp3) is 0.444. The van der Waals surface area contributed by atoms with Gasteiger partial charge in [-0.1, -0.05) is 0 Å². The molecule has 0 bridgehead atoms. The zero-order chi connectivity index (χ0) is 11.0. The smallest absolute Gasteiger partial charge is 0.183 e. The van der Waals surface area contributed by atoms with Gasteiger partial charge in [0.15, 0.2) is 16.2 Å². The van der Waals surface area contributed by atoms with Crippen molar-refractivity contribution in [2.24, 2.45) is 0 Å². The van der Waals surface area contributed by atoms with Crippen molar-refractivity contribution in [2.75, 3.05) is 31.1 Å². The number of rotatable bonds is 1. The fourth-order valence-corrected chi connectivity index (χ4v) is 2.27. The second-order valence-corrected chi connectivity index (χ2v) is 4.41. The molecule has 0 unspecified atom stereocenters. The molecule has 0 aliphatic carbocycles. The summed E-state index contributed by atoms with van der Waals surface area (Å²) in [4.78, 5) is 18.1. The Morgan fingerprint density at radius 1 is 1.17 bits per heavy atom. The van der Waals surface area contributed by atoms with Gasteiger partial charge in [-0.15, -0.1) is 24.8 Å². The molecule has 1 aliphatic heterocycles. The summed E-state index contributed by atoms with van der Waals surface area (Å²) in [6.45, 7) is 3.90. The first-order valence-electron chi connectivity index (χ1n) is 5.16. The molecule has 9 heteroatoms. The van der Waals surface area contributed by atoms with Crippen LogP contribution in [-0.4, -0.2) is 46.1 Å². The normalized spacial score (nSPS) is 15.1. The Bertz CT molecular complexity index is 513. The highest BCUT2D eigenvalue weighted by Gasteiger charge is 2.16. The molecule has 1 fully saturated rings. The first-order chi connectivity index (χ1) is 7.84. The molecule has 2 N–H and O–H groups in total. The third-order valence-corrected chi connectivity index (χ3v) is 3.03. The molecule has 100 valence electrons. The monoisotopic (exact) mass is 354 g/mol. The highest BCUT2D eigenvalue weighted by atomic mass is 79.9. The van der Waals surface area contributed by atoms with Crippen LogP contribution in [0.5, 0.6) is 0 Å². The minimum absolute atomic E-state index is 0. The SMILES string of the molecule is Brc1nc2ncnc(N3CCNCC3)c2[nH]1.Cl.Cl. The standard InChI is InChI=1S/C9H11BrN6.2ClH/c10-9-14-6-7(15-9)12-5-13-8(6)16-3-1-11-2-4-16;;/h5,11H,1-4H2,(H,12,13,14,15);2*1H. The highest BCUT2D eigenvalue weighted by molar-refractivity contribution is 9.10. The van der Waals surface area contributed by atoms with E-state index in [-0.39, 0.29) is 24.8 Å². The summed E-state index contributed by atoms with van der Waals surface area (Å²) < 4.78 is 0.694. The summed E-state index contributed by atoms with van der Waals surface area (Å²) in [7, 11) is 0. The maximum absolute atomic E-state index is 4.34. The number of anilines is 1. The number of imidazole rings is 1. The van der Waals surface area contributed by atoms with Crippen molar-refractivity contribution >= 4 is 57.7 Å². The van der Waals surface area contributed by atoms with Crippen LogP contribution in [-0.2, 0) is 0 Å². The molecule has 0 amide bonds. The minimum atomic E-state index is 0. The third kappa shape index (κ3) is 2.85. The van der Waals surface area contributed by atoms with Gasteiger partial charge in [0.1, 0.15) is 11.8 Å². The van der Waals surface area contributed by atoms with Crippen molar-refractivity contribution in [3.8, 4) is 0 Å². The van der Waals surface area contributed by atoms with E-state index in [9.17, 15) is 0 Å². The second-order valence-electron chi connectivity index (χ2n) is 3.66. The average Bonchev–Trinajstić information content (AvgIpc) is 2.70. The molecule has 1 saturated heterocycles. The van der Waals surface area contributed by atoms with Crippen molar-refractivity contribution in [3.05, 3.63) is 11.1 Å². The van der Waals surface area contributed by atoms with E-state index in [1.165, 1.54) is 0 Å². The van der Waals surface area contributed by atoms with E-state index in [0.717, 1.165) is 37.5 Å². The number of aromatic amines is 1. The molecule has 2 aromatic rings. The predicted octanol–water partition coefficient (Wildman–Crippen LogP) is 1.37. The summed E-state index contributed by atoms with van der Waals surface area (Å²) in [5.74, 6) is 0.935. The fourth-order valence-electron chi connectivity index (χ4n) is 1.90. The molecule has 3 heterocycles. The summed E-state index contributed by atoms with van der Waals surface area (Å²) in [5.41, 5.74) is 1.60. The van der Waals surface area contributed by atoms with Gasteiger partial charge >= 0.3 is 0 Å². The molecule has 6 nitrogen and oxygen atoms in total. The Kier molecular flexibility index (Phi) is 5.58. The van der Waals surface area contributed by atoms with Crippen LogP contribution in [0.25, 0.3) is 11.2 Å². The molecular weight excluding hydrogens is 343 g/mol. The number of hydrogen-bond acceptors (Lipinski definition) is 5. The van der Waals surface area contributed by atoms with Gasteiger partial charge in [-0.3, -0.25) is 0 Å². The van der Waals surface area contributed by atoms with Gasteiger partial charge in [0.25, 0.3) is 0 Å². The van der Waals surface area contributed by atoms with Gasteiger partial charge in [0.05, 0.1) is 0 Å². The Morgan fingerprint density at radius 3 is 2.61 bits per heavy atom. The second kappa shape index (κ2) is 6.51. The molecule has 18 heavy (non-hydrogen) atoms. The first-order valence-corrected chi connectivity index (χ1v) is 5.96. The van der Waals surface area contributed by atoms with Crippen molar-refractivity contribution < 1.29 is 0 Å². The zero-order valence-corrected chi connectivity index (χ0v) is 12.6. The average molecular weight is 356 g/mol. The van der Waals surface area contributed by atoms with Crippen LogP contribution in [0, 0.1) is 0 Å². The van der Waals surface area contributed by atoms with Crippen LogP contribution in [0.4, 0.5) is 5.82 Å². The number of fused-ring (bicyclic) bond motifs is 1. The van der Waals surface area contributed by atoms with Crippen LogP contribution in [0.3, 0.4) is 0 Å². The Hall–Kier alpha value is -0.630. The van der Waals surface area contributed by atoms with E-state index in [0.29, 0.717) is 10.4 Å². The van der Waals surface area contributed by atoms with Gasteiger partial charge in [-0.25, -0.2) is 15.0 Å². The number of H-pyrrole nitrogens is 1. The number of hydrogen-bond donors (Lipinski definition) is 2. The Labute approximate surface area is 125 Å². The predicted molar refractivity (Wildman–Crippen MR) is 79.0 cm³/mol. The van der Waals surface area contributed by atoms with Crippen LogP contribution >= 0.6 is 40.7 Å². The maximum Gasteiger partial charge on any atom is 0.183 e. The summed E-state index contributed by atoms with van der Waals surface area (Å²) in [6, 6.07) is 0. The minimum Gasteiger partial charge on any atom is -0.352 e. The molecule has 2 aromatic heterocycles. The molecule has 0 saturated carbocycles. The number of aromatic nitrogens is 4. The zero-order valence-electron chi connectivity index (χ0n) is 9.39. The molecule has 0 spiro atoms. The summed E-state index contributed by atoms with van der Waals surface area (Å²) >= 11 is 3.32. The van der Waals surface area contributed by atoms with Crippen molar-refractivity contribution in [1.29, 1.82) is 0 Å². The van der Waals surface area contributed by atoms with Gasteiger partial charge in [-0.05, 0) is 15.9 Å². The quantitative estimate of drug-likeness (QED) is 0.756. The van der Waals surface area contributed by atoms with Gasteiger partial charge in [0, 0.05) is 26.2 Å². The number of piperazine rings is 1. The van der Waals surface area contributed by atoms with Crippen molar-refractivity contribution in [2.45, 2.75) is 0 Å². The maximum atomic E-state index is 4.34. The van der Waals surface area contributed by atoms with Gasteiger partial charge in [0.2, 0.25) is 0 Å². The molecule has 0 radical (unpaired) electrons. The van der Waals surface area contributed by atoms with Crippen LogP contribution in [0.15, 0.2) is 11.1 Å². The van der Waals surface area contributed by atoms with Crippen molar-refractivity contribution in [3.63, 3.8) is 0 Å². The molecule has 0 aromatic carbocycles. The first kappa shape index (κ1) is 15.4. The number of nitrogens with zero attached hydrogens (tertiary/aromatic N) is 4. The largest absolute Gasteiger partial charge is 0.352 e. The lowest BCUT2D eigenvalue weighted by Crippen LogP contribution is -2.44. The lowest BCUT2D eigenvalue weighted by Gasteiger charge is -2.28. The molecule has 1 aliphatic rings. The third-order valence-electron chi connectivity index (χ3n) is 2.66. The molecule has 3 rings (SSSR count). The van der Waals surface area contributed by atoms with E-state index in [1.54, 1.807) is 6.33 Å². The van der Waals surface area contributed by atoms with E-state index in [1.807, 2.05) is 0 Å². The van der Waals surface area contributed by atoms with E-state index in [2.05, 4.69) is 46.1 Å². The van der Waals surface area contributed by atoms with Crippen LogP contribution in [0.2, 0.25) is 0 Å². The Balaban J connectivity index is 0.000000810.